The van der Waals surface area contributed by atoms with E-state index in [-0.39, 0.29) is 6.54 Å². The number of nitrogen functional groups attached to an aromatic ring is 1. The maximum absolute atomic E-state index is 11.4. The van der Waals surface area contributed by atoms with Gasteiger partial charge in [-0.3, -0.25) is 0 Å². The Bertz CT molecular complexity index is 540. The first kappa shape index (κ1) is 15.8. The fourth-order valence-corrected chi connectivity index (χ4v) is 1.61. The smallest absolute Gasteiger partial charge is 0.408 e. The van der Waals surface area contributed by atoms with Crippen LogP contribution in [0.25, 0.3) is 0 Å². The summed E-state index contributed by atoms with van der Waals surface area (Å²) in [5.41, 5.74) is 7.74. The molecule has 1 heterocycles. The summed E-state index contributed by atoms with van der Waals surface area (Å²) >= 11 is 0. The highest BCUT2D eigenvalue weighted by molar-refractivity contribution is 5.68. The summed E-state index contributed by atoms with van der Waals surface area (Å²) in [6.07, 6.45) is -0.476. The molecule has 0 aliphatic heterocycles. The molecule has 0 radical (unpaired) electrons. The summed E-state index contributed by atoms with van der Waals surface area (Å²) in [4.78, 5) is 15.6. The van der Waals surface area contributed by atoms with Crippen molar-refractivity contribution in [1.82, 2.24) is 10.3 Å². The minimum absolute atomic E-state index is 0.220. The Morgan fingerprint density at radius 3 is 2.65 bits per heavy atom. The second kappa shape index (κ2) is 6.29. The fraction of sp³-hybridized carbons (Fsp3) is 0.467. The highest BCUT2D eigenvalue weighted by Crippen LogP contribution is 2.12. The molecule has 0 atom stereocenters. The number of pyridine rings is 1. The van der Waals surface area contributed by atoms with Crippen LogP contribution in [0.4, 0.5) is 10.6 Å². The average molecular weight is 275 g/mol. The third-order valence-electron chi connectivity index (χ3n) is 2.35. The van der Waals surface area contributed by atoms with E-state index in [1.807, 2.05) is 34.6 Å². The topological polar surface area (TPSA) is 77.2 Å². The Morgan fingerprint density at radius 1 is 1.45 bits per heavy atom. The molecule has 0 bridgehead atoms. The lowest BCUT2D eigenvalue weighted by Gasteiger charge is -2.19. The van der Waals surface area contributed by atoms with Gasteiger partial charge in [0.2, 0.25) is 0 Å². The third kappa shape index (κ3) is 5.19. The molecule has 108 valence electrons. The second-order valence-corrected chi connectivity index (χ2v) is 5.48. The molecule has 0 aliphatic carbocycles. The summed E-state index contributed by atoms with van der Waals surface area (Å²) in [5, 5.41) is 2.58. The zero-order valence-corrected chi connectivity index (χ0v) is 12.6. The van der Waals surface area contributed by atoms with Gasteiger partial charge >= 0.3 is 6.09 Å². The van der Waals surface area contributed by atoms with Gasteiger partial charge in [0.15, 0.2) is 0 Å². The van der Waals surface area contributed by atoms with E-state index in [1.165, 1.54) is 0 Å². The van der Waals surface area contributed by atoms with Crippen LogP contribution in [0.5, 0.6) is 0 Å². The highest BCUT2D eigenvalue weighted by Gasteiger charge is 2.15. The average Bonchev–Trinajstić information content (AvgIpc) is 2.23. The number of aryl methyl sites for hydroxylation is 2. The molecule has 1 rings (SSSR count). The number of aromatic nitrogens is 1. The fourth-order valence-electron chi connectivity index (χ4n) is 1.61. The Morgan fingerprint density at radius 2 is 2.10 bits per heavy atom. The molecule has 1 aromatic rings. The maximum Gasteiger partial charge on any atom is 0.408 e. The third-order valence-corrected chi connectivity index (χ3v) is 2.35. The van der Waals surface area contributed by atoms with E-state index in [1.54, 1.807) is 6.07 Å². The molecule has 3 N–H and O–H groups in total. The van der Waals surface area contributed by atoms with Gasteiger partial charge in [-0.1, -0.05) is 11.8 Å². The molecule has 0 unspecified atom stereocenters. The summed E-state index contributed by atoms with van der Waals surface area (Å²) in [5.74, 6) is 6.35. The number of nitrogens with zero attached hydrogens (tertiary/aromatic N) is 1. The van der Waals surface area contributed by atoms with E-state index >= 15 is 0 Å². The molecule has 1 aromatic heterocycles. The number of hydrogen-bond acceptors (Lipinski definition) is 4. The van der Waals surface area contributed by atoms with E-state index in [0.29, 0.717) is 5.82 Å². The van der Waals surface area contributed by atoms with Crippen molar-refractivity contribution >= 4 is 11.9 Å². The summed E-state index contributed by atoms with van der Waals surface area (Å²) in [6, 6.07) is 1.78. The van der Waals surface area contributed by atoms with E-state index in [0.717, 1.165) is 16.8 Å². The number of carbonyl (C=O) groups is 1. The van der Waals surface area contributed by atoms with Crippen molar-refractivity contribution in [3.63, 3.8) is 0 Å². The van der Waals surface area contributed by atoms with Gasteiger partial charge in [-0.2, -0.15) is 0 Å². The highest BCUT2D eigenvalue weighted by atomic mass is 16.6. The zero-order valence-electron chi connectivity index (χ0n) is 12.6. The van der Waals surface area contributed by atoms with Gasteiger partial charge in [0.1, 0.15) is 11.4 Å². The molecule has 5 nitrogen and oxygen atoms in total. The Labute approximate surface area is 119 Å². The second-order valence-electron chi connectivity index (χ2n) is 5.48. The van der Waals surface area contributed by atoms with Crippen molar-refractivity contribution in [2.24, 2.45) is 0 Å². The molecule has 0 aromatic carbocycles. The van der Waals surface area contributed by atoms with Gasteiger partial charge < -0.3 is 15.8 Å². The minimum Gasteiger partial charge on any atom is -0.444 e. The van der Waals surface area contributed by atoms with Gasteiger partial charge in [-0.15, -0.1) is 0 Å². The number of hydrogen-bond donors (Lipinski definition) is 2. The largest absolute Gasteiger partial charge is 0.444 e. The van der Waals surface area contributed by atoms with Crippen LogP contribution in [0.2, 0.25) is 0 Å². The van der Waals surface area contributed by atoms with E-state index in [4.69, 9.17) is 10.5 Å². The van der Waals surface area contributed by atoms with Crippen molar-refractivity contribution in [2.45, 2.75) is 40.2 Å². The van der Waals surface area contributed by atoms with Crippen molar-refractivity contribution in [3.05, 3.63) is 22.9 Å². The molecular weight excluding hydrogens is 254 g/mol. The number of rotatable bonds is 1. The molecule has 0 saturated carbocycles. The molecule has 5 heteroatoms. The van der Waals surface area contributed by atoms with Crippen LogP contribution in [0, 0.1) is 25.7 Å². The van der Waals surface area contributed by atoms with Gasteiger partial charge in [-0.05, 0) is 46.2 Å². The number of ether oxygens (including phenoxy) is 1. The molecule has 1 amide bonds. The molecule has 0 saturated heterocycles. The van der Waals surface area contributed by atoms with Gasteiger partial charge in [-0.25, -0.2) is 9.78 Å². The first-order valence-electron chi connectivity index (χ1n) is 6.38. The lowest BCUT2D eigenvalue weighted by atomic mass is 10.1. The van der Waals surface area contributed by atoms with Gasteiger partial charge in [0, 0.05) is 5.56 Å². The number of amides is 1. The quantitative estimate of drug-likeness (QED) is 0.770. The first-order valence-corrected chi connectivity index (χ1v) is 6.38. The Balaban J connectivity index is 2.62. The van der Waals surface area contributed by atoms with Gasteiger partial charge in [0.05, 0.1) is 12.2 Å². The Kier molecular flexibility index (Phi) is 4.98. The van der Waals surface area contributed by atoms with Crippen molar-refractivity contribution in [3.8, 4) is 11.8 Å². The van der Waals surface area contributed by atoms with Gasteiger partial charge in [0.25, 0.3) is 0 Å². The zero-order chi connectivity index (χ0) is 15.3. The molecular formula is C15H21N3O2. The summed E-state index contributed by atoms with van der Waals surface area (Å²) < 4.78 is 5.11. The maximum atomic E-state index is 11.4. The van der Waals surface area contributed by atoms with Crippen molar-refractivity contribution in [2.75, 3.05) is 12.3 Å². The molecule has 20 heavy (non-hydrogen) atoms. The number of nitrogens with one attached hydrogen (secondary N) is 1. The normalized spacial score (nSPS) is 10.4. The van der Waals surface area contributed by atoms with Crippen LogP contribution < -0.4 is 11.1 Å². The van der Waals surface area contributed by atoms with Crippen LogP contribution in [-0.2, 0) is 4.74 Å². The predicted molar refractivity (Wildman–Crippen MR) is 79.2 cm³/mol. The summed E-state index contributed by atoms with van der Waals surface area (Å²) in [7, 11) is 0. The molecule has 0 aliphatic rings. The predicted octanol–water partition coefficient (Wildman–Crippen LogP) is 2.16. The summed E-state index contributed by atoms with van der Waals surface area (Å²) in [6.45, 7) is 9.43. The Hall–Kier alpha value is -2.22. The number of carbonyl (C=O) groups excluding carboxylic acids is 1. The lowest BCUT2D eigenvalue weighted by molar-refractivity contribution is 0.0535. The van der Waals surface area contributed by atoms with Crippen LogP contribution in [-0.4, -0.2) is 23.2 Å². The lowest BCUT2D eigenvalue weighted by Crippen LogP contribution is -2.32. The molecule has 0 spiro atoms. The number of alkyl carbamates (subject to hydrolysis) is 1. The number of anilines is 1. The minimum atomic E-state index is -0.508. The van der Waals surface area contributed by atoms with E-state index < -0.39 is 11.7 Å². The number of nitrogens with two attached hydrogens (primary N) is 1. The standard InChI is InChI=1S/C15H21N3O2/c1-10-9-13(16)18-11(2)12(10)7-6-8-17-14(19)20-15(3,4)5/h9H,8H2,1-5H3,(H2,16,18)(H,17,19). The van der Waals surface area contributed by atoms with E-state index in [9.17, 15) is 4.79 Å². The molecule has 0 fully saturated rings. The van der Waals surface area contributed by atoms with Crippen LogP contribution in [0.15, 0.2) is 6.07 Å². The van der Waals surface area contributed by atoms with Crippen molar-refractivity contribution in [1.29, 1.82) is 0 Å². The first-order chi connectivity index (χ1) is 9.19. The van der Waals surface area contributed by atoms with Crippen molar-refractivity contribution < 1.29 is 9.53 Å². The monoisotopic (exact) mass is 275 g/mol. The van der Waals surface area contributed by atoms with Crippen LogP contribution in [0.3, 0.4) is 0 Å². The van der Waals surface area contributed by atoms with Crippen LogP contribution >= 0.6 is 0 Å². The SMILES string of the molecule is Cc1cc(N)nc(C)c1C#CCNC(=O)OC(C)(C)C. The van der Waals surface area contributed by atoms with Crippen LogP contribution in [0.1, 0.15) is 37.6 Å². The van der Waals surface area contributed by atoms with E-state index in [2.05, 4.69) is 22.1 Å².